The lowest BCUT2D eigenvalue weighted by Crippen LogP contribution is -2.48. The minimum absolute atomic E-state index is 0.00849. The van der Waals surface area contributed by atoms with Gasteiger partial charge in [-0.2, -0.15) is 0 Å². The zero-order chi connectivity index (χ0) is 18.4. The molecule has 1 fully saturated rings. The van der Waals surface area contributed by atoms with Crippen molar-refractivity contribution in [1.82, 2.24) is 14.8 Å². The highest BCUT2D eigenvalue weighted by atomic mass is 16.5. The van der Waals surface area contributed by atoms with Crippen LogP contribution < -0.4 is 10.1 Å². The Labute approximate surface area is 154 Å². The lowest BCUT2D eigenvalue weighted by atomic mass is 10.2. The summed E-state index contributed by atoms with van der Waals surface area (Å²) in [5.74, 6) is 0.670. The first-order chi connectivity index (χ1) is 12.6. The summed E-state index contributed by atoms with van der Waals surface area (Å²) in [5, 5.41) is 2.94. The fraction of sp³-hybridized carbons (Fsp3) is 0.400. The van der Waals surface area contributed by atoms with E-state index in [2.05, 4.69) is 33.1 Å². The van der Waals surface area contributed by atoms with Crippen LogP contribution in [-0.4, -0.2) is 60.5 Å². The molecule has 0 atom stereocenters. The molecule has 0 saturated carbocycles. The summed E-state index contributed by atoms with van der Waals surface area (Å²) in [7, 11) is 1.61. The molecule has 0 aliphatic carbocycles. The Morgan fingerprint density at radius 1 is 1.15 bits per heavy atom. The molecule has 2 aromatic rings. The monoisotopic (exact) mass is 354 g/mol. The van der Waals surface area contributed by atoms with Gasteiger partial charge >= 0.3 is 0 Å². The van der Waals surface area contributed by atoms with Gasteiger partial charge < -0.3 is 10.1 Å². The standard InChI is InChI=1S/C20H26N4O2/c1-16-11-17(13-21-12-16)14-23-7-9-24(10-8-23)15-20(25)22-18-5-3-4-6-19(18)26-2/h3-6,11-13H,7-10,14-15H2,1-2H3,(H,22,25). The molecule has 0 radical (unpaired) electrons. The maximum Gasteiger partial charge on any atom is 0.238 e. The van der Waals surface area contributed by atoms with E-state index < -0.39 is 0 Å². The fourth-order valence-electron chi connectivity index (χ4n) is 3.21. The van der Waals surface area contributed by atoms with Crippen molar-refractivity contribution in [2.24, 2.45) is 0 Å². The van der Waals surface area contributed by atoms with Gasteiger partial charge in [0.1, 0.15) is 5.75 Å². The van der Waals surface area contributed by atoms with Crippen molar-refractivity contribution in [3.63, 3.8) is 0 Å². The van der Waals surface area contributed by atoms with Crippen molar-refractivity contribution in [2.75, 3.05) is 45.2 Å². The lowest BCUT2D eigenvalue weighted by molar-refractivity contribution is -0.117. The molecular formula is C20H26N4O2. The molecule has 1 aliphatic heterocycles. The van der Waals surface area contributed by atoms with Gasteiger partial charge in [0.2, 0.25) is 5.91 Å². The number of nitrogens with one attached hydrogen (secondary N) is 1. The fourth-order valence-corrected chi connectivity index (χ4v) is 3.21. The van der Waals surface area contributed by atoms with Crippen molar-refractivity contribution < 1.29 is 9.53 Å². The number of para-hydroxylation sites is 2. The van der Waals surface area contributed by atoms with E-state index in [0.29, 0.717) is 18.0 Å². The van der Waals surface area contributed by atoms with Crippen LogP contribution in [0.1, 0.15) is 11.1 Å². The molecule has 1 saturated heterocycles. The first kappa shape index (κ1) is 18.4. The second-order valence-electron chi connectivity index (χ2n) is 6.67. The van der Waals surface area contributed by atoms with Gasteiger partial charge in [-0.3, -0.25) is 19.6 Å². The van der Waals surface area contributed by atoms with Gasteiger partial charge in [0.05, 0.1) is 19.3 Å². The summed E-state index contributed by atoms with van der Waals surface area (Å²) in [6, 6.07) is 9.65. The zero-order valence-corrected chi connectivity index (χ0v) is 15.4. The van der Waals surface area contributed by atoms with Gasteiger partial charge in [-0.1, -0.05) is 18.2 Å². The van der Waals surface area contributed by atoms with Crippen molar-refractivity contribution in [3.8, 4) is 5.75 Å². The third kappa shape index (κ3) is 5.03. The van der Waals surface area contributed by atoms with Gasteiger partial charge in [0, 0.05) is 45.1 Å². The Hall–Kier alpha value is -2.44. The number of amides is 1. The van der Waals surface area contributed by atoms with E-state index in [0.717, 1.165) is 32.7 Å². The number of benzene rings is 1. The van der Waals surface area contributed by atoms with Crippen LogP contribution >= 0.6 is 0 Å². The highest BCUT2D eigenvalue weighted by Crippen LogP contribution is 2.22. The third-order valence-corrected chi connectivity index (χ3v) is 4.55. The van der Waals surface area contributed by atoms with Crippen LogP contribution in [-0.2, 0) is 11.3 Å². The average molecular weight is 354 g/mol. The highest BCUT2D eigenvalue weighted by Gasteiger charge is 2.19. The van der Waals surface area contributed by atoms with Gasteiger partial charge in [-0.05, 0) is 30.2 Å². The van der Waals surface area contributed by atoms with Gasteiger partial charge in [0.25, 0.3) is 0 Å². The Morgan fingerprint density at radius 3 is 2.62 bits per heavy atom. The van der Waals surface area contributed by atoms with Crippen LogP contribution in [0.15, 0.2) is 42.7 Å². The molecule has 0 unspecified atom stereocenters. The maximum absolute atomic E-state index is 12.3. The van der Waals surface area contributed by atoms with Crippen molar-refractivity contribution in [1.29, 1.82) is 0 Å². The molecule has 6 nitrogen and oxygen atoms in total. The second-order valence-corrected chi connectivity index (χ2v) is 6.67. The van der Waals surface area contributed by atoms with E-state index in [-0.39, 0.29) is 5.91 Å². The molecular weight excluding hydrogens is 328 g/mol. The number of pyridine rings is 1. The number of carbonyl (C=O) groups is 1. The number of anilines is 1. The first-order valence-corrected chi connectivity index (χ1v) is 8.92. The predicted molar refractivity (Wildman–Crippen MR) is 102 cm³/mol. The third-order valence-electron chi connectivity index (χ3n) is 4.55. The minimum Gasteiger partial charge on any atom is -0.495 e. The molecule has 1 aliphatic rings. The summed E-state index contributed by atoms with van der Waals surface area (Å²) in [6.45, 7) is 7.06. The SMILES string of the molecule is COc1ccccc1NC(=O)CN1CCN(Cc2cncc(C)c2)CC1. The van der Waals surface area contributed by atoms with E-state index in [1.165, 1.54) is 11.1 Å². The number of piperazine rings is 1. The Balaban J connectivity index is 1.45. The maximum atomic E-state index is 12.3. The number of hydrogen-bond acceptors (Lipinski definition) is 5. The molecule has 6 heteroatoms. The molecule has 1 aromatic heterocycles. The normalized spacial score (nSPS) is 15.6. The number of ether oxygens (including phenoxy) is 1. The molecule has 138 valence electrons. The lowest BCUT2D eigenvalue weighted by Gasteiger charge is -2.34. The smallest absolute Gasteiger partial charge is 0.238 e. The van der Waals surface area contributed by atoms with Crippen LogP contribution in [0.5, 0.6) is 5.75 Å². The average Bonchev–Trinajstić information content (AvgIpc) is 2.64. The van der Waals surface area contributed by atoms with Crippen LogP contribution in [0, 0.1) is 6.92 Å². The molecule has 3 rings (SSSR count). The zero-order valence-electron chi connectivity index (χ0n) is 15.4. The van der Waals surface area contributed by atoms with Crippen molar-refractivity contribution in [3.05, 3.63) is 53.9 Å². The Bertz CT molecular complexity index is 742. The number of aryl methyl sites for hydroxylation is 1. The van der Waals surface area contributed by atoms with E-state index in [1.807, 2.05) is 36.7 Å². The minimum atomic E-state index is -0.00849. The van der Waals surface area contributed by atoms with E-state index >= 15 is 0 Å². The first-order valence-electron chi connectivity index (χ1n) is 8.92. The van der Waals surface area contributed by atoms with Crippen LogP contribution in [0.25, 0.3) is 0 Å². The summed E-state index contributed by atoms with van der Waals surface area (Å²) in [4.78, 5) is 21.2. The van der Waals surface area contributed by atoms with Gasteiger partial charge in [-0.25, -0.2) is 0 Å². The number of hydrogen-bond donors (Lipinski definition) is 1. The molecule has 2 heterocycles. The highest BCUT2D eigenvalue weighted by molar-refractivity contribution is 5.93. The largest absolute Gasteiger partial charge is 0.495 e. The number of methoxy groups -OCH3 is 1. The van der Waals surface area contributed by atoms with Gasteiger partial charge in [-0.15, -0.1) is 0 Å². The van der Waals surface area contributed by atoms with Crippen molar-refractivity contribution in [2.45, 2.75) is 13.5 Å². The summed E-state index contributed by atoms with van der Waals surface area (Å²) >= 11 is 0. The second kappa shape index (κ2) is 8.78. The van der Waals surface area contributed by atoms with Gasteiger partial charge in [0.15, 0.2) is 0 Å². The molecule has 0 spiro atoms. The predicted octanol–water partition coefficient (Wildman–Crippen LogP) is 2.15. The summed E-state index contributed by atoms with van der Waals surface area (Å²) in [6.07, 6.45) is 3.81. The quantitative estimate of drug-likeness (QED) is 0.861. The topological polar surface area (TPSA) is 57.7 Å². The van der Waals surface area contributed by atoms with E-state index in [9.17, 15) is 4.79 Å². The molecule has 0 bridgehead atoms. The number of rotatable bonds is 6. The molecule has 1 amide bonds. The van der Waals surface area contributed by atoms with Crippen LogP contribution in [0.2, 0.25) is 0 Å². The Kier molecular flexibility index (Phi) is 6.20. The van der Waals surface area contributed by atoms with E-state index in [4.69, 9.17) is 4.74 Å². The van der Waals surface area contributed by atoms with Crippen molar-refractivity contribution >= 4 is 11.6 Å². The molecule has 26 heavy (non-hydrogen) atoms. The Morgan fingerprint density at radius 2 is 1.88 bits per heavy atom. The molecule has 1 N–H and O–H groups in total. The summed E-state index contributed by atoms with van der Waals surface area (Å²) < 4.78 is 5.28. The number of carbonyl (C=O) groups excluding carboxylic acids is 1. The van der Waals surface area contributed by atoms with Crippen LogP contribution in [0.3, 0.4) is 0 Å². The number of nitrogens with zero attached hydrogens (tertiary/aromatic N) is 3. The number of aromatic nitrogens is 1. The summed E-state index contributed by atoms with van der Waals surface area (Å²) in [5.41, 5.74) is 3.15. The molecule has 1 aromatic carbocycles. The van der Waals surface area contributed by atoms with E-state index in [1.54, 1.807) is 7.11 Å². The van der Waals surface area contributed by atoms with Crippen LogP contribution in [0.4, 0.5) is 5.69 Å².